The summed E-state index contributed by atoms with van der Waals surface area (Å²) in [6.45, 7) is 1.18. The highest BCUT2D eigenvalue weighted by Gasteiger charge is 2.73. The fourth-order valence-corrected chi connectivity index (χ4v) is 3.21. The number of anilines is 1. The smallest absolute Gasteiger partial charge is 0.342 e. The molecule has 12 heteroatoms. The molecule has 0 radical (unpaired) electrons. The molecule has 2 N–H and O–H groups in total. The van der Waals surface area contributed by atoms with Gasteiger partial charge in [-0.2, -0.15) is 26.3 Å². The van der Waals surface area contributed by atoms with Gasteiger partial charge in [0.1, 0.15) is 5.69 Å². The number of nitrogens with one attached hydrogen (secondary N) is 2. The number of halogens is 6. The molecule has 0 aliphatic heterocycles. The van der Waals surface area contributed by atoms with Gasteiger partial charge < -0.3 is 10.6 Å². The summed E-state index contributed by atoms with van der Waals surface area (Å²) in [5, 5.41) is 2.35. The molecular formula is C21H18F6N4O2. The van der Waals surface area contributed by atoms with Crippen LogP contribution >= 0.6 is 0 Å². The van der Waals surface area contributed by atoms with Crippen molar-refractivity contribution in [3.63, 3.8) is 0 Å². The Labute approximate surface area is 183 Å². The molecular weight excluding hydrogens is 454 g/mol. The molecule has 0 aliphatic carbocycles. The zero-order chi connectivity index (χ0) is 24.6. The lowest BCUT2D eigenvalue weighted by atomic mass is 10.1. The van der Waals surface area contributed by atoms with Crippen molar-refractivity contribution < 1.29 is 31.1 Å². The van der Waals surface area contributed by atoms with Crippen molar-refractivity contribution in [2.24, 2.45) is 7.05 Å². The van der Waals surface area contributed by atoms with E-state index in [-0.39, 0.29) is 11.4 Å². The van der Waals surface area contributed by atoms with E-state index in [4.69, 9.17) is 0 Å². The number of carbonyl (C=O) groups excluding carboxylic acids is 1. The zero-order valence-corrected chi connectivity index (χ0v) is 17.3. The predicted octanol–water partition coefficient (Wildman–Crippen LogP) is 4.15. The molecule has 0 saturated carbocycles. The van der Waals surface area contributed by atoms with Crippen molar-refractivity contribution >= 4 is 11.6 Å². The average Bonchev–Trinajstić information content (AvgIpc) is 2.95. The third-order valence-electron chi connectivity index (χ3n) is 5.05. The summed E-state index contributed by atoms with van der Waals surface area (Å²) in [5.74, 6) is -1.63. The van der Waals surface area contributed by atoms with Crippen LogP contribution in [0.5, 0.6) is 0 Å². The van der Waals surface area contributed by atoms with Gasteiger partial charge >= 0.3 is 18.0 Å². The highest BCUT2D eigenvalue weighted by atomic mass is 19.4. The number of para-hydroxylation sites is 1. The van der Waals surface area contributed by atoms with E-state index in [1.54, 1.807) is 18.2 Å². The van der Waals surface area contributed by atoms with Gasteiger partial charge in [-0.05, 0) is 31.2 Å². The molecule has 0 unspecified atom stereocenters. The van der Waals surface area contributed by atoms with E-state index in [1.807, 2.05) is 0 Å². The van der Waals surface area contributed by atoms with Gasteiger partial charge in [-0.25, -0.2) is 4.68 Å². The molecule has 0 atom stereocenters. The molecule has 6 nitrogen and oxygen atoms in total. The fourth-order valence-electron chi connectivity index (χ4n) is 3.21. The molecule has 1 heterocycles. The largest absolute Gasteiger partial charge is 0.439 e. The first-order valence-corrected chi connectivity index (χ1v) is 9.43. The van der Waals surface area contributed by atoms with Crippen molar-refractivity contribution in [2.45, 2.75) is 24.9 Å². The average molecular weight is 472 g/mol. The molecule has 1 aromatic heterocycles. The monoisotopic (exact) mass is 472 g/mol. The maximum atomic E-state index is 14.0. The van der Waals surface area contributed by atoms with Crippen LogP contribution < -0.4 is 16.2 Å². The summed E-state index contributed by atoms with van der Waals surface area (Å²) < 4.78 is 86.1. The molecule has 0 fully saturated rings. The number of hydrogen-bond donors (Lipinski definition) is 2. The Morgan fingerprint density at radius 1 is 0.848 bits per heavy atom. The van der Waals surface area contributed by atoms with E-state index < -0.39 is 40.7 Å². The molecule has 33 heavy (non-hydrogen) atoms. The summed E-state index contributed by atoms with van der Waals surface area (Å²) in [4.78, 5) is 25.3. The number of alkyl halides is 6. The van der Waals surface area contributed by atoms with E-state index in [0.717, 1.165) is 26.8 Å². The molecule has 0 aliphatic rings. The fraction of sp³-hybridized carbons (Fsp3) is 0.238. The lowest BCUT2D eigenvalue weighted by molar-refractivity contribution is -0.294. The highest BCUT2D eigenvalue weighted by Crippen LogP contribution is 2.43. The highest BCUT2D eigenvalue weighted by molar-refractivity contribution is 5.95. The van der Waals surface area contributed by atoms with Gasteiger partial charge in [0.05, 0.1) is 11.4 Å². The second kappa shape index (κ2) is 8.34. The minimum absolute atomic E-state index is 0.212. The Balaban J connectivity index is 2.18. The molecule has 3 aromatic rings. The number of benzene rings is 2. The Hall–Kier alpha value is -3.70. The first-order chi connectivity index (χ1) is 15.3. The van der Waals surface area contributed by atoms with Gasteiger partial charge in [-0.15, -0.1) is 0 Å². The van der Waals surface area contributed by atoms with Crippen LogP contribution in [0.1, 0.15) is 16.1 Å². The number of aromatic nitrogens is 2. The molecule has 2 aromatic carbocycles. The number of nitrogens with zero attached hydrogens (tertiary/aromatic N) is 2. The topological polar surface area (TPSA) is 68.1 Å². The quantitative estimate of drug-likeness (QED) is 0.433. The summed E-state index contributed by atoms with van der Waals surface area (Å²) in [7, 11) is 1.31. The molecule has 0 saturated heterocycles. The number of carbonyl (C=O) groups is 1. The normalized spacial score (nSPS) is 12.5. The van der Waals surface area contributed by atoms with Crippen molar-refractivity contribution in [1.82, 2.24) is 14.7 Å². The number of rotatable bonds is 5. The van der Waals surface area contributed by atoms with E-state index >= 15 is 0 Å². The third kappa shape index (κ3) is 4.20. The first kappa shape index (κ1) is 24.0. The Bertz CT molecular complexity index is 1180. The van der Waals surface area contributed by atoms with Gasteiger partial charge in [-0.1, -0.05) is 36.4 Å². The second-order valence-electron chi connectivity index (χ2n) is 7.13. The summed E-state index contributed by atoms with van der Waals surface area (Å²) >= 11 is 0. The third-order valence-corrected chi connectivity index (χ3v) is 5.05. The van der Waals surface area contributed by atoms with Gasteiger partial charge in [0.25, 0.3) is 11.5 Å². The van der Waals surface area contributed by atoms with Gasteiger partial charge in [0.15, 0.2) is 0 Å². The molecule has 1 amide bonds. The summed E-state index contributed by atoms with van der Waals surface area (Å²) in [6, 6.07) is 13.8. The maximum Gasteiger partial charge on any atom is 0.439 e. The van der Waals surface area contributed by atoms with Crippen molar-refractivity contribution in [1.29, 1.82) is 0 Å². The minimum atomic E-state index is -6.07. The van der Waals surface area contributed by atoms with E-state index in [9.17, 15) is 35.9 Å². The summed E-state index contributed by atoms with van der Waals surface area (Å²) in [5.41, 5.74) is -7.48. The van der Waals surface area contributed by atoms with Crippen LogP contribution in [0.15, 0.2) is 65.5 Å². The van der Waals surface area contributed by atoms with Crippen LogP contribution in [-0.2, 0) is 7.05 Å². The number of hydrogen-bond acceptors (Lipinski definition) is 3. The Kier molecular flexibility index (Phi) is 6.05. The predicted molar refractivity (Wildman–Crippen MR) is 108 cm³/mol. The lowest BCUT2D eigenvalue weighted by Gasteiger charge is -2.38. The SMILES string of the molecule is Cc1c(NC(NC(=O)c2ccccc2)(C(F)(F)F)C(F)(F)F)c(=O)n(-c2ccccc2)n1C. The zero-order valence-electron chi connectivity index (χ0n) is 17.3. The van der Waals surface area contributed by atoms with Gasteiger partial charge in [-0.3, -0.25) is 14.3 Å². The number of amides is 1. The summed E-state index contributed by atoms with van der Waals surface area (Å²) in [6.07, 6.45) is -12.1. The van der Waals surface area contributed by atoms with Crippen LogP contribution in [-0.4, -0.2) is 33.3 Å². The van der Waals surface area contributed by atoms with Crippen molar-refractivity contribution in [2.75, 3.05) is 5.32 Å². The molecule has 3 rings (SSSR count). The maximum absolute atomic E-state index is 14.0. The van der Waals surface area contributed by atoms with Crippen LogP contribution in [0.4, 0.5) is 32.0 Å². The van der Waals surface area contributed by atoms with Crippen LogP contribution in [0, 0.1) is 6.92 Å². The second-order valence-corrected chi connectivity index (χ2v) is 7.13. The van der Waals surface area contributed by atoms with Crippen LogP contribution in [0.3, 0.4) is 0 Å². The first-order valence-electron chi connectivity index (χ1n) is 9.43. The van der Waals surface area contributed by atoms with E-state index in [1.165, 1.54) is 49.6 Å². The molecule has 0 bridgehead atoms. The van der Waals surface area contributed by atoms with E-state index in [2.05, 4.69) is 0 Å². The Morgan fingerprint density at radius 2 is 1.33 bits per heavy atom. The molecule has 176 valence electrons. The van der Waals surface area contributed by atoms with E-state index in [0.29, 0.717) is 0 Å². The lowest BCUT2D eigenvalue weighted by Crippen LogP contribution is -2.72. The van der Waals surface area contributed by atoms with Gasteiger partial charge in [0, 0.05) is 12.6 Å². The standard InChI is InChI=1S/C21H18F6N4O2/c1-13-16(18(33)31(30(13)2)15-11-7-4-8-12-15)28-19(20(22,23)24,21(25,26)27)29-17(32)14-9-5-3-6-10-14/h3-12,28H,1-2H3,(H,29,32). The Morgan fingerprint density at radius 3 is 1.82 bits per heavy atom. The van der Waals surface area contributed by atoms with Crippen molar-refractivity contribution in [3.05, 3.63) is 82.3 Å². The van der Waals surface area contributed by atoms with Crippen LogP contribution in [0.25, 0.3) is 5.69 Å². The minimum Gasteiger partial charge on any atom is -0.342 e. The van der Waals surface area contributed by atoms with Crippen molar-refractivity contribution in [3.8, 4) is 5.69 Å². The van der Waals surface area contributed by atoms with Gasteiger partial charge in [0.2, 0.25) is 0 Å². The van der Waals surface area contributed by atoms with Crippen LogP contribution in [0.2, 0.25) is 0 Å². The molecule has 0 spiro atoms.